The quantitative estimate of drug-likeness (QED) is 0.699. The molecule has 7 heteroatoms. The fraction of sp³-hybridized carbons (Fsp3) is 0.435. The van der Waals surface area contributed by atoms with Gasteiger partial charge in [-0.15, -0.1) is 0 Å². The first kappa shape index (κ1) is 21.6. The molecule has 1 unspecified atom stereocenters. The molecule has 0 spiro atoms. The third kappa shape index (κ3) is 5.49. The van der Waals surface area contributed by atoms with Gasteiger partial charge in [0, 0.05) is 32.6 Å². The van der Waals surface area contributed by atoms with Crippen LogP contribution >= 0.6 is 0 Å². The SMILES string of the molecule is CC(=O)CCc1ccc(OC(C)C(=O)N2CCN(C(=O)c3ccc(C)o3)CC2)cc1. The molecular weight excluding hydrogens is 384 g/mol. The van der Waals surface area contributed by atoms with Gasteiger partial charge in [-0.2, -0.15) is 0 Å². The summed E-state index contributed by atoms with van der Waals surface area (Å²) < 4.78 is 11.2. The van der Waals surface area contributed by atoms with Gasteiger partial charge in [-0.1, -0.05) is 12.1 Å². The number of carbonyl (C=O) groups excluding carboxylic acids is 3. The van der Waals surface area contributed by atoms with Gasteiger partial charge in [-0.25, -0.2) is 0 Å². The lowest BCUT2D eigenvalue weighted by atomic mass is 10.1. The molecule has 0 radical (unpaired) electrons. The molecule has 1 atom stereocenters. The van der Waals surface area contributed by atoms with Crippen molar-refractivity contribution in [2.75, 3.05) is 26.2 Å². The number of hydrogen-bond donors (Lipinski definition) is 0. The Balaban J connectivity index is 1.48. The number of nitrogens with zero attached hydrogens (tertiary/aromatic N) is 2. The maximum atomic E-state index is 12.7. The van der Waals surface area contributed by atoms with Crippen LogP contribution in [0.25, 0.3) is 0 Å². The maximum absolute atomic E-state index is 12.7. The largest absolute Gasteiger partial charge is 0.481 e. The maximum Gasteiger partial charge on any atom is 0.289 e. The number of Topliss-reactive ketones (excluding diaryl/α,β-unsaturated/α-hetero) is 1. The van der Waals surface area contributed by atoms with Crippen molar-refractivity contribution >= 4 is 17.6 Å². The molecule has 2 aromatic rings. The lowest BCUT2D eigenvalue weighted by molar-refractivity contribution is -0.139. The number of piperazine rings is 1. The van der Waals surface area contributed by atoms with Crippen molar-refractivity contribution in [1.82, 2.24) is 9.80 Å². The van der Waals surface area contributed by atoms with Gasteiger partial charge >= 0.3 is 0 Å². The molecule has 3 rings (SSSR count). The van der Waals surface area contributed by atoms with Crippen LogP contribution in [0.4, 0.5) is 0 Å². The number of benzene rings is 1. The van der Waals surface area contributed by atoms with Crippen molar-refractivity contribution in [1.29, 1.82) is 0 Å². The number of amides is 2. The molecule has 30 heavy (non-hydrogen) atoms. The molecule has 0 N–H and O–H groups in total. The van der Waals surface area contributed by atoms with E-state index >= 15 is 0 Å². The van der Waals surface area contributed by atoms with E-state index < -0.39 is 6.10 Å². The second-order valence-electron chi connectivity index (χ2n) is 7.63. The Kier molecular flexibility index (Phi) is 6.92. The minimum Gasteiger partial charge on any atom is -0.481 e. The van der Waals surface area contributed by atoms with Gasteiger partial charge in [-0.3, -0.25) is 9.59 Å². The predicted octanol–water partition coefficient (Wildman–Crippen LogP) is 2.86. The smallest absolute Gasteiger partial charge is 0.289 e. The first-order chi connectivity index (χ1) is 14.3. The Bertz CT molecular complexity index is 895. The van der Waals surface area contributed by atoms with Crippen molar-refractivity contribution in [2.45, 2.75) is 39.7 Å². The fourth-order valence-electron chi connectivity index (χ4n) is 3.40. The highest BCUT2D eigenvalue weighted by Gasteiger charge is 2.29. The Morgan fingerprint density at radius 2 is 1.63 bits per heavy atom. The second-order valence-corrected chi connectivity index (χ2v) is 7.63. The highest BCUT2D eigenvalue weighted by atomic mass is 16.5. The Labute approximate surface area is 176 Å². The zero-order valence-corrected chi connectivity index (χ0v) is 17.7. The van der Waals surface area contributed by atoms with E-state index in [1.807, 2.05) is 24.3 Å². The van der Waals surface area contributed by atoms with E-state index in [4.69, 9.17) is 9.15 Å². The third-order valence-electron chi connectivity index (χ3n) is 5.18. The van der Waals surface area contributed by atoms with Crippen molar-refractivity contribution in [2.24, 2.45) is 0 Å². The number of hydrogen-bond acceptors (Lipinski definition) is 5. The Morgan fingerprint density at radius 3 is 2.20 bits per heavy atom. The van der Waals surface area contributed by atoms with E-state index in [0.29, 0.717) is 56.3 Å². The summed E-state index contributed by atoms with van der Waals surface area (Å²) >= 11 is 0. The molecule has 1 aromatic carbocycles. The minimum atomic E-state index is -0.622. The zero-order chi connectivity index (χ0) is 21.7. The fourth-order valence-corrected chi connectivity index (χ4v) is 3.40. The molecule has 160 valence electrons. The first-order valence-corrected chi connectivity index (χ1v) is 10.2. The summed E-state index contributed by atoms with van der Waals surface area (Å²) in [6.07, 6.45) is 0.594. The summed E-state index contributed by atoms with van der Waals surface area (Å²) in [6, 6.07) is 10.9. The first-order valence-electron chi connectivity index (χ1n) is 10.2. The van der Waals surface area contributed by atoms with Crippen LogP contribution in [0.3, 0.4) is 0 Å². The van der Waals surface area contributed by atoms with Gasteiger partial charge in [0.1, 0.15) is 17.3 Å². The van der Waals surface area contributed by atoms with E-state index in [1.165, 1.54) is 0 Å². The second kappa shape index (κ2) is 9.61. The number of aryl methyl sites for hydroxylation is 2. The van der Waals surface area contributed by atoms with Gasteiger partial charge in [0.15, 0.2) is 11.9 Å². The number of furan rings is 1. The molecule has 1 aliphatic heterocycles. The highest BCUT2D eigenvalue weighted by Crippen LogP contribution is 2.17. The summed E-state index contributed by atoms with van der Waals surface area (Å²) in [5.41, 5.74) is 1.06. The van der Waals surface area contributed by atoms with Gasteiger partial charge in [0.25, 0.3) is 11.8 Å². The van der Waals surface area contributed by atoms with E-state index in [9.17, 15) is 14.4 Å². The highest BCUT2D eigenvalue weighted by molar-refractivity contribution is 5.91. The summed E-state index contributed by atoms with van der Waals surface area (Å²) in [6.45, 7) is 6.95. The van der Waals surface area contributed by atoms with Crippen molar-refractivity contribution in [3.05, 3.63) is 53.5 Å². The minimum absolute atomic E-state index is 0.100. The summed E-state index contributed by atoms with van der Waals surface area (Å²) in [5.74, 6) is 1.56. The summed E-state index contributed by atoms with van der Waals surface area (Å²) in [7, 11) is 0. The normalized spacial score (nSPS) is 15.0. The molecule has 0 saturated carbocycles. The zero-order valence-electron chi connectivity index (χ0n) is 17.7. The third-order valence-corrected chi connectivity index (χ3v) is 5.18. The number of carbonyl (C=O) groups is 3. The Hall–Kier alpha value is -3.09. The van der Waals surface area contributed by atoms with E-state index in [-0.39, 0.29) is 17.6 Å². The number of rotatable bonds is 7. The molecule has 0 aliphatic carbocycles. The molecule has 2 heterocycles. The molecule has 0 bridgehead atoms. The molecule has 2 amide bonds. The van der Waals surface area contributed by atoms with Gasteiger partial charge in [0.05, 0.1) is 0 Å². The lowest BCUT2D eigenvalue weighted by Crippen LogP contribution is -2.53. The Morgan fingerprint density at radius 1 is 1.00 bits per heavy atom. The standard InChI is InChI=1S/C23H28N2O5/c1-16(26)4-6-19-7-9-20(10-8-19)30-18(3)22(27)24-12-14-25(15-13-24)23(28)21-11-5-17(2)29-21/h5,7-11,18H,4,6,12-15H2,1-3H3. The monoisotopic (exact) mass is 412 g/mol. The molecule has 1 fully saturated rings. The molecule has 1 aliphatic rings. The topological polar surface area (TPSA) is 80.1 Å². The molecular formula is C23H28N2O5. The van der Waals surface area contributed by atoms with Crippen LogP contribution in [0.1, 0.15) is 42.1 Å². The van der Waals surface area contributed by atoms with Crippen LogP contribution in [0.5, 0.6) is 5.75 Å². The van der Waals surface area contributed by atoms with Crippen LogP contribution in [-0.4, -0.2) is 59.7 Å². The molecule has 1 aromatic heterocycles. The number of ether oxygens (including phenoxy) is 1. The van der Waals surface area contributed by atoms with Crippen LogP contribution in [0, 0.1) is 6.92 Å². The van der Waals surface area contributed by atoms with Gasteiger partial charge < -0.3 is 23.7 Å². The van der Waals surface area contributed by atoms with Gasteiger partial charge in [0.2, 0.25) is 0 Å². The predicted molar refractivity (Wildman–Crippen MR) is 111 cm³/mol. The average Bonchev–Trinajstić information content (AvgIpc) is 3.18. The van der Waals surface area contributed by atoms with Crippen LogP contribution in [0.15, 0.2) is 40.8 Å². The van der Waals surface area contributed by atoms with Crippen molar-refractivity contribution in [3.63, 3.8) is 0 Å². The van der Waals surface area contributed by atoms with E-state index in [1.54, 1.807) is 42.7 Å². The summed E-state index contributed by atoms with van der Waals surface area (Å²) in [4.78, 5) is 39.7. The van der Waals surface area contributed by atoms with Crippen LogP contribution in [0.2, 0.25) is 0 Å². The average molecular weight is 412 g/mol. The molecule has 1 saturated heterocycles. The lowest BCUT2D eigenvalue weighted by Gasteiger charge is -2.35. The van der Waals surface area contributed by atoms with Crippen LogP contribution in [-0.2, 0) is 16.0 Å². The number of ketones is 1. The van der Waals surface area contributed by atoms with Crippen molar-refractivity contribution < 1.29 is 23.5 Å². The van der Waals surface area contributed by atoms with Crippen LogP contribution < -0.4 is 4.74 Å². The van der Waals surface area contributed by atoms with Crippen molar-refractivity contribution in [3.8, 4) is 5.75 Å². The van der Waals surface area contributed by atoms with E-state index in [2.05, 4.69) is 0 Å². The van der Waals surface area contributed by atoms with Gasteiger partial charge in [-0.05, 0) is 57.0 Å². The van der Waals surface area contributed by atoms with E-state index in [0.717, 1.165) is 5.56 Å². The molecule has 7 nitrogen and oxygen atoms in total. The summed E-state index contributed by atoms with van der Waals surface area (Å²) in [5, 5.41) is 0.